The molecule has 0 radical (unpaired) electrons. The number of aromatic hydroxyl groups is 1. The molecule has 28 heavy (non-hydrogen) atoms. The summed E-state index contributed by atoms with van der Waals surface area (Å²) in [7, 11) is 2.99. The van der Waals surface area contributed by atoms with Gasteiger partial charge < -0.3 is 20.9 Å². The van der Waals surface area contributed by atoms with Crippen LogP contribution in [0.25, 0.3) is 10.8 Å². The number of phenols is 1. The summed E-state index contributed by atoms with van der Waals surface area (Å²) in [5.41, 5.74) is 6.06. The number of methoxy groups -OCH3 is 1. The second-order valence-corrected chi connectivity index (χ2v) is 5.87. The largest absolute Gasteiger partial charge is 0.505 e. The van der Waals surface area contributed by atoms with Crippen LogP contribution in [0.2, 0.25) is 0 Å². The highest BCUT2D eigenvalue weighted by Crippen LogP contribution is 2.40. The molecule has 0 aromatic heterocycles. The van der Waals surface area contributed by atoms with Gasteiger partial charge in [0.25, 0.3) is 11.8 Å². The molecule has 8 heteroatoms. The average molecular weight is 378 g/mol. The Kier molecular flexibility index (Phi) is 5.21. The molecule has 3 aromatic carbocycles. The van der Waals surface area contributed by atoms with Gasteiger partial charge >= 0.3 is 0 Å². The van der Waals surface area contributed by atoms with Crippen LogP contribution in [0.15, 0.2) is 58.8 Å². The lowest BCUT2D eigenvalue weighted by Gasteiger charge is -2.09. The maximum atomic E-state index is 11.9. The summed E-state index contributed by atoms with van der Waals surface area (Å²) >= 11 is 0. The van der Waals surface area contributed by atoms with E-state index >= 15 is 0 Å². The SMILES string of the molecule is CNC(=O)c1ccc(OC)c(N=Nc2c(O)c(C(N)=O)cc3ccccc23)c1. The predicted octanol–water partition coefficient (Wildman–Crippen LogP) is 3.43. The monoisotopic (exact) mass is 378 g/mol. The van der Waals surface area contributed by atoms with Gasteiger partial charge in [0.05, 0.1) is 12.7 Å². The van der Waals surface area contributed by atoms with Crippen molar-refractivity contribution in [2.45, 2.75) is 0 Å². The third-order valence-corrected chi connectivity index (χ3v) is 4.19. The minimum absolute atomic E-state index is 0.0567. The summed E-state index contributed by atoms with van der Waals surface area (Å²) in [6, 6.07) is 13.3. The first-order valence-corrected chi connectivity index (χ1v) is 8.32. The fraction of sp³-hybridized carbons (Fsp3) is 0.100. The lowest BCUT2D eigenvalue weighted by atomic mass is 10.0. The van der Waals surface area contributed by atoms with E-state index in [1.54, 1.807) is 36.4 Å². The van der Waals surface area contributed by atoms with E-state index in [1.807, 2.05) is 0 Å². The van der Waals surface area contributed by atoms with Crippen LogP contribution in [0.1, 0.15) is 20.7 Å². The van der Waals surface area contributed by atoms with Crippen LogP contribution in [-0.2, 0) is 0 Å². The van der Waals surface area contributed by atoms with Crippen LogP contribution in [0, 0.1) is 0 Å². The number of benzene rings is 3. The number of rotatable bonds is 5. The maximum absolute atomic E-state index is 11.9. The van der Waals surface area contributed by atoms with Crippen molar-refractivity contribution >= 4 is 34.0 Å². The van der Waals surface area contributed by atoms with Crippen molar-refractivity contribution in [3.8, 4) is 11.5 Å². The van der Waals surface area contributed by atoms with Gasteiger partial charge in [-0.3, -0.25) is 9.59 Å². The van der Waals surface area contributed by atoms with E-state index in [9.17, 15) is 14.7 Å². The van der Waals surface area contributed by atoms with E-state index in [0.717, 1.165) is 0 Å². The highest BCUT2D eigenvalue weighted by molar-refractivity contribution is 6.06. The van der Waals surface area contributed by atoms with Crippen molar-refractivity contribution in [2.24, 2.45) is 16.0 Å². The van der Waals surface area contributed by atoms with Crippen LogP contribution in [-0.4, -0.2) is 31.1 Å². The fourth-order valence-electron chi connectivity index (χ4n) is 2.76. The molecule has 3 rings (SSSR count). The highest BCUT2D eigenvalue weighted by Gasteiger charge is 2.16. The van der Waals surface area contributed by atoms with E-state index < -0.39 is 5.91 Å². The summed E-state index contributed by atoms with van der Waals surface area (Å²) in [4.78, 5) is 23.5. The summed E-state index contributed by atoms with van der Waals surface area (Å²) in [5, 5.41) is 22.6. The Morgan fingerprint density at radius 2 is 1.86 bits per heavy atom. The molecule has 0 fully saturated rings. The van der Waals surface area contributed by atoms with Gasteiger partial charge in [-0.05, 0) is 29.7 Å². The Bertz CT molecular complexity index is 1110. The molecule has 0 atom stereocenters. The number of nitrogens with zero attached hydrogens (tertiary/aromatic N) is 2. The zero-order valence-corrected chi connectivity index (χ0v) is 15.3. The van der Waals surface area contributed by atoms with Gasteiger partial charge in [0.15, 0.2) is 5.75 Å². The summed E-state index contributed by atoms with van der Waals surface area (Å²) < 4.78 is 5.26. The minimum Gasteiger partial charge on any atom is -0.505 e. The van der Waals surface area contributed by atoms with Gasteiger partial charge in [-0.1, -0.05) is 24.3 Å². The zero-order valence-electron chi connectivity index (χ0n) is 15.3. The smallest absolute Gasteiger partial charge is 0.252 e. The number of azo groups is 1. The van der Waals surface area contributed by atoms with Gasteiger partial charge in [0, 0.05) is 18.0 Å². The number of nitrogens with two attached hydrogens (primary N) is 1. The number of fused-ring (bicyclic) bond motifs is 1. The van der Waals surface area contributed by atoms with E-state index in [2.05, 4.69) is 15.5 Å². The third-order valence-electron chi connectivity index (χ3n) is 4.19. The first-order valence-electron chi connectivity index (χ1n) is 8.32. The lowest BCUT2D eigenvalue weighted by molar-refractivity contribution is 0.0961. The Morgan fingerprint density at radius 1 is 1.11 bits per heavy atom. The number of ether oxygens (including phenoxy) is 1. The van der Waals surface area contributed by atoms with Gasteiger partial charge in [0.2, 0.25) is 0 Å². The molecule has 0 aliphatic rings. The van der Waals surface area contributed by atoms with E-state index in [1.165, 1.54) is 26.3 Å². The lowest BCUT2D eigenvalue weighted by Crippen LogP contribution is -2.17. The quantitative estimate of drug-likeness (QED) is 0.588. The van der Waals surface area contributed by atoms with Crippen molar-refractivity contribution in [1.29, 1.82) is 0 Å². The molecule has 4 N–H and O–H groups in total. The Morgan fingerprint density at radius 3 is 2.54 bits per heavy atom. The third kappa shape index (κ3) is 3.48. The first kappa shape index (κ1) is 18.8. The van der Waals surface area contributed by atoms with E-state index in [4.69, 9.17) is 10.5 Å². The van der Waals surface area contributed by atoms with Crippen LogP contribution < -0.4 is 15.8 Å². The summed E-state index contributed by atoms with van der Waals surface area (Å²) in [6.07, 6.45) is 0. The van der Waals surface area contributed by atoms with Gasteiger partial charge in [-0.15, -0.1) is 10.2 Å². The number of nitrogens with one attached hydrogen (secondary N) is 1. The molecule has 0 aliphatic carbocycles. The molecular formula is C20H18N4O4. The molecule has 2 amide bonds. The van der Waals surface area contributed by atoms with Crippen LogP contribution >= 0.6 is 0 Å². The zero-order chi connectivity index (χ0) is 20.3. The topological polar surface area (TPSA) is 126 Å². The Balaban J connectivity index is 2.17. The van der Waals surface area contributed by atoms with Crippen LogP contribution in [0.3, 0.4) is 0 Å². The van der Waals surface area contributed by atoms with Gasteiger partial charge in [-0.25, -0.2) is 0 Å². The van der Waals surface area contributed by atoms with Gasteiger partial charge in [-0.2, -0.15) is 0 Å². The molecular weight excluding hydrogens is 360 g/mol. The van der Waals surface area contributed by atoms with Crippen LogP contribution in [0.5, 0.6) is 11.5 Å². The number of carbonyl (C=O) groups is 2. The molecule has 0 saturated heterocycles. The van der Waals surface area contributed by atoms with Crippen molar-refractivity contribution in [2.75, 3.05) is 14.2 Å². The van der Waals surface area contributed by atoms with E-state index in [-0.39, 0.29) is 28.6 Å². The molecule has 8 nitrogen and oxygen atoms in total. The Labute approximate surface area is 160 Å². The number of amides is 2. The van der Waals surface area contributed by atoms with E-state index in [0.29, 0.717) is 22.1 Å². The standard InChI is InChI=1S/C20H18N4O4/c1-22-20(27)12-7-8-16(28-2)15(10-12)23-24-17-13-6-4-3-5-11(13)9-14(18(17)25)19(21)26/h3-10,25H,1-2H3,(H2,21,26)(H,22,27). The number of carbonyl (C=O) groups excluding carboxylic acids is 2. The number of primary amides is 1. The molecule has 3 aromatic rings. The number of hydrogen-bond donors (Lipinski definition) is 3. The molecule has 0 spiro atoms. The Hall–Kier alpha value is -3.94. The molecule has 142 valence electrons. The average Bonchev–Trinajstić information content (AvgIpc) is 2.71. The normalized spacial score (nSPS) is 10.9. The second kappa shape index (κ2) is 7.75. The van der Waals surface area contributed by atoms with Crippen LogP contribution in [0.4, 0.5) is 11.4 Å². The van der Waals surface area contributed by atoms with Crippen molar-refractivity contribution in [1.82, 2.24) is 5.32 Å². The van der Waals surface area contributed by atoms with Crippen molar-refractivity contribution in [3.05, 3.63) is 59.7 Å². The van der Waals surface area contributed by atoms with Gasteiger partial charge in [0.1, 0.15) is 17.1 Å². The van der Waals surface area contributed by atoms with Crippen molar-refractivity contribution in [3.63, 3.8) is 0 Å². The minimum atomic E-state index is -0.779. The maximum Gasteiger partial charge on any atom is 0.252 e. The molecule has 0 bridgehead atoms. The number of hydrogen-bond acceptors (Lipinski definition) is 6. The van der Waals surface area contributed by atoms with Crippen molar-refractivity contribution < 1.29 is 19.4 Å². The molecule has 0 unspecified atom stereocenters. The molecule has 0 saturated carbocycles. The summed E-state index contributed by atoms with van der Waals surface area (Å²) in [5.74, 6) is -1.04. The predicted molar refractivity (Wildman–Crippen MR) is 105 cm³/mol. The second-order valence-electron chi connectivity index (χ2n) is 5.87. The summed E-state index contributed by atoms with van der Waals surface area (Å²) in [6.45, 7) is 0. The highest BCUT2D eigenvalue weighted by atomic mass is 16.5. The molecule has 0 heterocycles. The fourth-order valence-corrected chi connectivity index (χ4v) is 2.76. The first-order chi connectivity index (χ1) is 13.5. The molecule has 0 aliphatic heterocycles.